The molecule has 0 radical (unpaired) electrons. The van der Waals surface area contributed by atoms with Crippen LogP contribution in [0.15, 0.2) is 29.0 Å². The van der Waals surface area contributed by atoms with Crippen molar-refractivity contribution >= 4 is 26.0 Å². The number of halogens is 1. The molecular weight excluding hydrogens is 360 g/mol. The van der Waals surface area contributed by atoms with Crippen LogP contribution in [0, 0.1) is 0 Å². The van der Waals surface area contributed by atoms with Crippen LogP contribution in [0.3, 0.4) is 0 Å². The number of aromatic nitrogens is 2. The Bertz CT molecular complexity index is 756. The average Bonchev–Trinajstić information content (AvgIpc) is 2.87. The van der Waals surface area contributed by atoms with E-state index in [1.54, 1.807) is 19.2 Å². The molecule has 0 bridgehead atoms. The fourth-order valence-electron chi connectivity index (χ4n) is 1.92. The van der Waals surface area contributed by atoms with E-state index in [1.807, 2.05) is 6.92 Å². The molecule has 0 N–H and O–H groups in total. The molecule has 0 unspecified atom stereocenters. The lowest BCUT2D eigenvalue weighted by molar-refractivity contribution is 0.310. The van der Waals surface area contributed by atoms with Gasteiger partial charge in [0, 0.05) is 18.0 Å². The number of methoxy groups -OCH3 is 1. The summed E-state index contributed by atoms with van der Waals surface area (Å²) >= 11 is 3.40. The molecule has 0 spiro atoms. The summed E-state index contributed by atoms with van der Waals surface area (Å²) in [5.41, 5.74) is 0.613. The van der Waals surface area contributed by atoms with Gasteiger partial charge in [-0.2, -0.15) is 0 Å². The summed E-state index contributed by atoms with van der Waals surface area (Å²) in [6.45, 7) is 2.32. The molecule has 0 fully saturated rings. The van der Waals surface area contributed by atoms with Crippen molar-refractivity contribution in [2.24, 2.45) is 0 Å². The van der Waals surface area contributed by atoms with Gasteiger partial charge in [0.2, 0.25) is 10.0 Å². The minimum Gasteiger partial charge on any atom is -0.492 e. The van der Waals surface area contributed by atoms with Crippen molar-refractivity contribution in [1.82, 2.24) is 8.96 Å². The van der Waals surface area contributed by atoms with Crippen LogP contribution in [-0.4, -0.2) is 37.3 Å². The number of nitrogens with zero attached hydrogens (tertiary/aromatic N) is 2. The third-order valence-corrected chi connectivity index (χ3v) is 4.33. The van der Waals surface area contributed by atoms with Crippen molar-refractivity contribution in [1.29, 1.82) is 0 Å². The van der Waals surface area contributed by atoms with E-state index in [2.05, 4.69) is 20.9 Å². The van der Waals surface area contributed by atoms with E-state index in [0.717, 1.165) is 10.2 Å². The molecule has 114 valence electrons. The average molecular weight is 375 g/mol. The zero-order valence-electron chi connectivity index (χ0n) is 11.8. The Morgan fingerprint density at radius 3 is 2.67 bits per heavy atom. The standard InChI is InChI=1S/C13H15BrN2O4S/c1-4-20-11-8-9(7-10(14)12(11)19-2)13-15-5-6-16(13)21(3,17)18/h5-8H,4H2,1-3H3. The maximum atomic E-state index is 11.8. The van der Waals surface area contributed by atoms with E-state index in [4.69, 9.17) is 9.47 Å². The first-order valence-corrected chi connectivity index (χ1v) is 8.77. The van der Waals surface area contributed by atoms with Gasteiger partial charge in [-0.05, 0) is 35.0 Å². The number of ether oxygens (including phenoxy) is 2. The number of hydrogen-bond donors (Lipinski definition) is 0. The molecule has 1 heterocycles. The molecule has 0 aliphatic heterocycles. The zero-order chi connectivity index (χ0) is 15.6. The van der Waals surface area contributed by atoms with Crippen LogP contribution < -0.4 is 9.47 Å². The molecule has 0 saturated heterocycles. The van der Waals surface area contributed by atoms with Gasteiger partial charge in [0.25, 0.3) is 0 Å². The molecular formula is C13H15BrN2O4S. The summed E-state index contributed by atoms with van der Waals surface area (Å²) in [7, 11) is -1.88. The van der Waals surface area contributed by atoms with Gasteiger partial charge in [-0.1, -0.05) is 0 Å². The lowest BCUT2D eigenvalue weighted by atomic mass is 10.2. The first-order valence-electron chi connectivity index (χ1n) is 6.13. The van der Waals surface area contributed by atoms with E-state index in [9.17, 15) is 8.42 Å². The summed E-state index contributed by atoms with van der Waals surface area (Å²) in [6.07, 6.45) is 3.97. The SMILES string of the molecule is CCOc1cc(-c2nccn2S(C)(=O)=O)cc(Br)c1OC. The molecule has 8 heteroatoms. The molecule has 1 aromatic carbocycles. The van der Waals surface area contributed by atoms with Gasteiger partial charge in [-0.25, -0.2) is 17.4 Å². The van der Waals surface area contributed by atoms with Crippen LogP contribution in [0.5, 0.6) is 11.5 Å². The van der Waals surface area contributed by atoms with E-state index >= 15 is 0 Å². The summed E-state index contributed by atoms with van der Waals surface area (Å²) in [6, 6.07) is 3.45. The highest BCUT2D eigenvalue weighted by Gasteiger charge is 2.18. The van der Waals surface area contributed by atoms with Gasteiger partial charge in [0.15, 0.2) is 17.3 Å². The van der Waals surface area contributed by atoms with Crippen molar-refractivity contribution in [3.05, 3.63) is 29.0 Å². The minimum atomic E-state index is -3.43. The number of benzene rings is 1. The highest BCUT2D eigenvalue weighted by molar-refractivity contribution is 9.10. The zero-order valence-corrected chi connectivity index (χ0v) is 14.2. The van der Waals surface area contributed by atoms with Gasteiger partial charge in [0.1, 0.15) is 0 Å². The number of imidazole rings is 1. The topological polar surface area (TPSA) is 70.4 Å². The monoisotopic (exact) mass is 374 g/mol. The summed E-state index contributed by atoms with van der Waals surface area (Å²) in [4.78, 5) is 4.12. The first kappa shape index (κ1) is 15.8. The molecule has 21 heavy (non-hydrogen) atoms. The Labute approximate surface area is 131 Å². The maximum absolute atomic E-state index is 11.8. The fourth-order valence-corrected chi connectivity index (χ4v) is 3.27. The van der Waals surface area contributed by atoms with E-state index in [0.29, 0.717) is 34.0 Å². The number of hydrogen-bond acceptors (Lipinski definition) is 5. The van der Waals surface area contributed by atoms with Gasteiger partial charge in [0.05, 0.1) is 24.4 Å². The normalized spacial score (nSPS) is 11.4. The quantitative estimate of drug-likeness (QED) is 0.803. The van der Waals surface area contributed by atoms with Crippen LogP contribution in [0.25, 0.3) is 11.4 Å². The van der Waals surface area contributed by atoms with Gasteiger partial charge in [-0.15, -0.1) is 0 Å². The van der Waals surface area contributed by atoms with Crippen molar-refractivity contribution in [2.45, 2.75) is 6.92 Å². The summed E-state index contributed by atoms with van der Waals surface area (Å²) in [5, 5.41) is 0. The van der Waals surface area contributed by atoms with Crippen molar-refractivity contribution in [3.8, 4) is 22.9 Å². The summed E-state index contributed by atoms with van der Waals surface area (Å²) < 4.78 is 36.1. The molecule has 2 aromatic rings. The summed E-state index contributed by atoms with van der Waals surface area (Å²) in [5.74, 6) is 1.40. The van der Waals surface area contributed by atoms with Crippen molar-refractivity contribution < 1.29 is 17.9 Å². The Morgan fingerprint density at radius 1 is 1.38 bits per heavy atom. The highest BCUT2D eigenvalue weighted by atomic mass is 79.9. The molecule has 0 saturated carbocycles. The molecule has 6 nitrogen and oxygen atoms in total. The predicted octanol–water partition coefficient (Wildman–Crippen LogP) is 2.53. The molecule has 1 aromatic heterocycles. The third kappa shape index (κ3) is 3.21. The Morgan fingerprint density at radius 2 is 2.10 bits per heavy atom. The minimum absolute atomic E-state index is 0.321. The lowest BCUT2D eigenvalue weighted by Gasteiger charge is -2.13. The van der Waals surface area contributed by atoms with Crippen molar-refractivity contribution in [2.75, 3.05) is 20.0 Å². The third-order valence-electron chi connectivity index (χ3n) is 2.74. The molecule has 2 rings (SSSR count). The largest absolute Gasteiger partial charge is 0.492 e. The van der Waals surface area contributed by atoms with Gasteiger partial charge >= 0.3 is 0 Å². The van der Waals surface area contributed by atoms with E-state index in [1.165, 1.54) is 12.4 Å². The number of rotatable bonds is 5. The molecule has 0 atom stereocenters. The second kappa shape index (κ2) is 6.07. The molecule has 0 amide bonds. The van der Waals surface area contributed by atoms with Crippen LogP contribution in [-0.2, 0) is 10.0 Å². The smallest absolute Gasteiger partial charge is 0.237 e. The predicted molar refractivity (Wildman–Crippen MR) is 83.3 cm³/mol. The van der Waals surface area contributed by atoms with E-state index in [-0.39, 0.29) is 0 Å². The van der Waals surface area contributed by atoms with Crippen LogP contribution in [0.4, 0.5) is 0 Å². The second-order valence-electron chi connectivity index (χ2n) is 4.23. The Hall–Kier alpha value is -1.54. The van der Waals surface area contributed by atoms with Crippen LogP contribution in [0.2, 0.25) is 0 Å². The maximum Gasteiger partial charge on any atom is 0.237 e. The van der Waals surface area contributed by atoms with Gasteiger partial charge in [-0.3, -0.25) is 0 Å². The van der Waals surface area contributed by atoms with E-state index < -0.39 is 10.0 Å². The van der Waals surface area contributed by atoms with Gasteiger partial charge < -0.3 is 9.47 Å². The first-order chi connectivity index (χ1) is 9.88. The molecule has 0 aliphatic rings. The van der Waals surface area contributed by atoms with Crippen molar-refractivity contribution in [3.63, 3.8) is 0 Å². The Kier molecular flexibility index (Phi) is 4.58. The molecule has 0 aliphatic carbocycles. The highest BCUT2D eigenvalue weighted by Crippen LogP contribution is 2.39. The van der Waals surface area contributed by atoms with Crippen LogP contribution in [0.1, 0.15) is 6.92 Å². The van der Waals surface area contributed by atoms with Crippen LogP contribution >= 0.6 is 15.9 Å². The second-order valence-corrected chi connectivity index (χ2v) is 6.95. The fraction of sp³-hybridized carbons (Fsp3) is 0.308. The lowest BCUT2D eigenvalue weighted by Crippen LogP contribution is -2.10. The Balaban J connectivity index is 2.63.